The Bertz CT molecular complexity index is 390. The monoisotopic (exact) mass is 233 g/mol. The second-order valence-corrected chi connectivity index (χ2v) is 4.80. The van der Waals surface area contributed by atoms with E-state index in [1.165, 1.54) is 5.56 Å². The van der Waals surface area contributed by atoms with E-state index in [-0.39, 0.29) is 18.0 Å². The van der Waals surface area contributed by atoms with Crippen LogP contribution in [0.2, 0.25) is 0 Å². The fourth-order valence-corrected chi connectivity index (χ4v) is 2.76. The number of aliphatic carboxylic acids is 1. The van der Waals surface area contributed by atoms with E-state index in [1.54, 1.807) is 0 Å². The molecule has 1 aliphatic rings. The van der Waals surface area contributed by atoms with Gasteiger partial charge in [-0.2, -0.15) is 0 Å². The van der Waals surface area contributed by atoms with Crippen molar-refractivity contribution in [1.29, 1.82) is 0 Å². The first-order valence-corrected chi connectivity index (χ1v) is 6.14. The fourth-order valence-electron chi connectivity index (χ4n) is 2.76. The molecule has 0 radical (unpaired) electrons. The van der Waals surface area contributed by atoms with Crippen LogP contribution >= 0.6 is 0 Å². The van der Waals surface area contributed by atoms with E-state index in [2.05, 4.69) is 24.0 Å². The highest BCUT2D eigenvalue weighted by Crippen LogP contribution is 2.32. The molecule has 1 aliphatic heterocycles. The van der Waals surface area contributed by atoms with Gasteiger partial charge in [0.15, 0.2) is 0 Å². The summed E-state index contributed by atoms with van der Waals surface area (Å²) in [7, 11) is 0. The zero-order chi connectivity index (χ0) is 12.4. The predicted molar refractivity (Wildman–Crippen MR) is 66.8 cm³/mol. The van der Waals surface area contributed by atoms with E-state index >= 15 is 0 Å². The lowest BCUT2D eigenvalue weighted by Gasteiger charge is -2.29. The Morgan fingerprint density at radius 3 is 2.59 bits per heavy atom. The van der Waals surface area contributed by atoms with Gasteiger partial charge in [-0.15, -0.1) is 0 Å². The molecule has 0 aliphatic carbocycles. The lowest BCUT2D eigenvalue weighted by Crippen LogP contribution is -2.34. The minimum absolute atomic E-state index is 0.114. The van der Waals surface area contributed by atoms with Crippen molar-refractivity contribution in [3.05, 3.63) is 35.9 Å². The average Bonchev–Trinajstić information content (AvgIpc) is 2.71. The number of rotatable bonds is 3. The number of likely N-dealkylation sites (tertiary alicyclic amines) is 1. The maximum Gasteiger partial charge on any atom is 0.308 e. The molecule has 3 unspecified atom stereocenters. The van der Waals surface area contributed by atoms with Crippen LogP contribution in [-0.4, -0.2) is 28.6 Å². The van der Waals surface area contributed by atoms with Crippen LogP contribution in [0.1, 0.15) is 31.9 Å². The molecule has 17 heavy (non-hydrogen) atoms. The summed E-state index contributed by atoms with van der Waals surface area (Å²) in [5.41, 5.74) is 1.25. The summed E-state index contributed by atoms with van der Waals surface area (Å²) in [6.07, 6.45) is 0.758. The Kier molecular flexibility index (Phi) is 3.48. The lowest BCUT2D eigenvalue weighted by atomic mass is 10.0. The van der Waals surface area contributed by atoms with E-state index in [4.69, 9.17) is 5.11 Å². The van der Waals surface area contributed by atoms with Crippen molar-refractivity contribution in [1.82, 2.24) is 4.90 Å². The quantitative estimate of drug-likeness (QED) is 0.872. The van der Waals surface area contributed by atoms with Crippen LogP contribution in [-0.2, 0) is 4.79 Å². The van der Waals surface area contributed by atoms with Crippen LogP contribution in [0.5, 0.6) is 0 Å². The number of carbonyl (C=O) groups is 1. The van der Waals surface area contributed by atoms with E-state index in [0.29, 0.717) is 0 Å². The molecule has 1 aromatic rings. The Morgan fingerprint density at radius 2 is 2.06 bits per heavy atom. The number of carboxylic acids is 1. The first-order valence-electron chi connectivity index (χ1n) is 6.14. The zero-order valence-corrected chi connectivity index (χ0v) is 10.3. The second-order valence-electron chi connectivity index (χ2n) is 4.80. The SMILES string of the molecule is CC(c1ccccc1)N1CCC(C(=O)O)C1C. The normalized spacial score (nSPS) is 26.9. The molecule has 0 spiro atoms. The van der Waals surface area contributed by atoms with Gasteiger partial charge in [0.2, 0.25) is 0 Å². The summed E-state index contributed by atoms with van der Waals surface area (Å²) in [6, 6.07) is 10.7. The molecule has 0 amide bonds. The third kappa shape index (κ3) is 2.34. The summed E-state index contributed by atoms with van der Waals surface area (Å²) < 4.78 is 0. The summed E-state index contributed by atoms with van der Waals surface area (Å²) in [6.45, 7) is 5.04. The van der Waals surface area contributed by atoms with Crippen molar-refractivity contribution in [2.24, 2.45) is 5.92 Å². The minimum atomic E-state index is -0.666. The molecule has 3 atom stereocenters. The Balaban J connectivity index is 2.12. The van der Waals surface area contributed by atoms with Gasteiger partial charge in [-0.1, -0.05) is 30.3 Å². The fraction of sp³-hybridized carbons (Fsp3) is 0.500. The van der Waals surface area contributed by atoms with Crippen LogP contribution in [0.25, 0.3) is 0 Å². The van der Waals surface area contributed by atoms with Crippen LogP contribution < -0.4 is 0 Å². The lowest BCUT2D eigenvalue weighted by molar-refractivity contribution is -0.142. The number of hydrogen-bond acceptors (Lipinski definition) is 2. The van der Waals surface area contributed by atoms with Crippen molar-refractivity contribution < 1.29 is 9.90 Å². The van der Waals surface area contributed by atoms with Crippen LogP contribution in [0, 0.1) is 5.92 Å². The van der Waals surface area contributed by atoms with Gasteiger partial charge >= 0.3 is 5.97 Å². The standard InChI is InChI=1S/C14H19NO2/c1-10(12-6-4-3-5-7-12)15-9-8-13(11(15)2)14(16)17/h3-7,10-11,13H,8-9H2,1-2H3,(H,16,17). The smallest absolute Gasteiger partial charge is 0.308 e. The maximum absolute atomic E-state index is 11.1. The molecule has 3 heteroatoms. The van der Waals surface area contributed by atoms with Gasteiger partial charge in [-0.05, 0) is 32.4 Å². The highest BCUT2D eigenvalue weighted by atomic mass is 16.4. The molecule has 0 saturated carbocycles. The minimum Gasteiger partial charge on any atom is -0.481 e. The van der Waals surface area contributed by atoms with E-state index in [1.807, 2.05) is 25.1 Å². The summed E-state index contributed by atoms with van der Waals surface area (Å²) in [5, 5.41) is 9.13. The summed E-state index contributed by atoms with van der Waals surface area (Å²) >= 11 is 0. The van der Waals surface area contributed by atoms with Gasteiger partial charge in [-0.25, -0.2) is 0 Å². The molecule has 1 N–H and O–H groups in total. The van der Waals surface area contributed by atoms with Crippen molar-refractivity contribution in [3.8, 4) is 0 Å². The zero-order valence-electron chi connectivity index (χ0n) is 10.3. The Morgan fingerprint density at radius 1 is 1.41 bits per heavy atom. The number of nitrogens with zero attached hydrogens (tertiary/aromatic N) is 1. The van der Waals surface area contributed by atoms with Crippen LogP contribution in [0.15, 0.2) is 30.3 Å². The van der Waals surface area contributed by atoms with Crippen LogP contribution in [0.4, 0.5) is 0 Å². The number of benzene rings is 1. The van der Waals surface area contributed by atoms with Gasteiger partial charge in [0.25, 0.3) is 0 Å². The average molecular weight is 233 g/mol. The third-order valence-electron chi connectivity index (χ3n) is 3.90. The highest BCUT2D eigenvalue weighted by Gasteiger charge is 2.37. The first kappa shape index (κ1) is 12.1. The molecule has 0 aromatic heterocycles. The van der Waals surface area contributed by atoms with Gasteiger partial charge in [0, 0.05) is 12.1 Å². The predicted octanol–water partition coefficient (Wildman–Crippen LogP) is 2.54. The highest BCUT2D eigenvalue weighted by molar-refractivity contribution is 5.71. The topological polar surface area (TPSA) is 40.5 Å². The number of carboxylic acid groups (broad SMARTS) is 1. The van der Waals surface area contributed by atoms with E-state index < -0.39 is 5.97 Å². The van der Waals surface area contributed by atoms with Crippen molar-refractivity contribution in [3.63, 3.8) is 0 Å². The van der Waals surface area contributed by atoms with Crippen molar-refractivity contribution in [2.75, 3.05) is 6.54 Å². The third-order valence-corrected chi connectivity index (χ3v) is 3.90. The Labute approximate surface area is 102 Å². The van der Waals surface area contributed by atoms with Gasteiger partial charge in [0.1, 0.15) is 0 Å². The van der Waals surface area contributed by atoms with Gasteiger partial charge < -0.3 is 5.11 Å². The number of hydrogen-bond donors (Lipinski definition) is 1. The first-order chi connectivity index (χ1) is 8.11. The van der Waals surface area contributed by atoms with Gasteiger partial charge in [-0.3, -0.25) is 9.69 Å². The second kappa shape index (κ2) is 4.88. The summed E-state index contributed by atoms with van der Waals surface area (Å²) in [4.78, 5) is 13.4. The molecule has 3 nitrogen and oxygen atoms in total. The van der Waals surface area contributed by atoms with Crippen molar-refractivity contribution >= 4 is 5.97 Å². The molecular weight excluding hydrogens is 214 g/mol. The van der Waals surface area contributed by atoms with E-state index in [9.17, 15) is 4.79 Å². The largest absolute Gasteiger partial charge is 0.481 e. The molecule has 1 heterocycles. The molecule has 1 saturated heterocycles. The molecule has 1 fully saturated rings. The van der Waals surface area contributed by atoms with Crippen molar-refractivity contribution in [2.45, 2.75) is 32.4 Å². The molecule has 92 valence electrons. The van der Waals surface area contributed by atoms with Gasteiger partial charge in [0.05, 0.1) is 5.92 Å². The van der Waals surface area contributed by atoms with Crippen LogP contribution in [0.3, 0.4) is 0 Å². The molecule has 0 bridgehead atoms. The molecule has 1 aromatic carbocycles. The summed E-state index contributed by atoms with van der Waals surface area (Å²) in [5.74, 6) is -0.888. The van der Waals surface area contributed by atoms with E-state index in [0.717, 1.165) is 13.0 Å². The molecular formula is C14H19NO2. The molecule has 2 rings (SSSR count). The maximum atomic E-state index is 11.1. The Hall–Kier alpha value is -1.35.